The van der Waals surface area contributed by atoms with E-state index in [0.717, 1.165) is 23.9 Å². The largest absolute Gasteiger partial charge is 0.416 e. The van der Waals surface area contributed by atoms with Gasteiger partial charge < -0.3 is 10.6 Å². The molecule has 0 radical (unpaired) electrons. The summed E-state index contributed by atoms with van der Waals surface area (Å²) in [6.07, 6.45) is -3.63. The molecule has 2 nitrogen and oxygen atoms in total. The first-order valence-corrected chi connectivity index (χ1v) is 5.12. The minimum atomic E-state index is -4.26. The van der Waals surface area contributed by atoms with Crippen molar-refractivity contribution >= 4 is 5.69 Å². The van der Waals surface area contributed by atoms with Crippen LogP contribution >= 0.6 is 0 Å². The molecule has 2 rings (SSSR count). The van der Waals surface area contributed by atoms with E-state index in [-0.39, 0.29) is 6.04 Å². The minimum absolute atomic E-state index is 0.191. The number of likely N-dealkylation sites (N-methyl/N-ethyl adjacent to an activating group) is 1. The van der Waals surface area contributed by atoms with Crippen molar-refractivity contribution in [3.8, 4) is 0 Å². The number of hydrogen-bond donors (Lipinski definition) is 2. The SMILES string of the molecule is CNC1CNc2ccc(C(F)(F)F)cc2C1. The molecule has 1 aliphatic heterocycles. The van der Waals surface area contributed by atoms with Gasteiger partial charge in [0.25, 0.3) is 0 Å². The molecule has 1 aliphatic rings. The third kappa shape index (κ3) is 2.14. The maximum Gasteiger partial charge on any atom is 0.416 e. The third-order valence-electron chi connectivity index (χ3n) is 2.85. The highest BCUT2D eigenvalue weighted by Crippen LogP contribution is 2.33. The topological polar surface area (TPSA) is 24.1 Å². The fraction of sp³-hybridized carbons (Fsp3) is 0.455. The normalized spacial score (nSPS) is 20.1. The Balaban J connectivity index is 2.31. The first-order valence-electron chi connectivity index (χ1n) is 5.12. The van der Waals surface area contributed by atoms with E-state index in [2.05, 4.69) is 10.6 Å². The van der Waals surface area contributed by atoms with E-state index < -0.39 is 11.7 Å². The Labute approximate surface area is 91.8 Å². The fourth-order valence-corrected chi connectivity index (χ4v) is 1.89. The van der Waals surface area contributed by atoms with Gasteiger partial charge >= 0.3 is 6.18 Å². The van der Waals surface area contributed by atoms with Gasteiger partial charge in [0.2, 0.25) is 0 Å². The summed E-state index contributed by atoms with van der Waals surface area (Å²) in [7, 11) is 1.81. The molecule has 1 unspecified atom stereocenters. The van der Waals surface area contributed by atoms with Gasteiger partial charge in [-0.1, -0.05) is 0 Å². The summed E-state index contributed by atoms with van der Waals surface area (Å²) < 4.78 is 37.5. The Bertz CT molecular complexity index is 387. The van der Waals surface area contributed by atoms with Gasteiger partial charge in [0.1, 0.15) is 0 Å². The molecule has 16 heavy (non-hydrogen) atoms. The van der Waals surface area contributed by atoms with Crippen LogP contribution in [-0.4, -0.2) is 19.6 Å². The molecule has 0 aromatic heterocycles. The van der Waals surface area contributed by atoms with Gasteiger partial charge in [0.05, 0.1) is 5.56 Å². The Kier molecular flexibility index (Phi) is 2.80. The molecule has 0 saturated heterocycles. The number of fused-ring (bicyclic) bond motifs is 1. The molecule has 0 saturated carbocycles. The molecule has 0 aliphatic carbocycles. The Morgan fingerprint density at radius 1 is 1.38 bits per heavy atom. The predicted molar refractivity (Wildman–Crippen MR) is 56.5 cm³/mol. The molecular weight excluding hydrogens is 217 g/mol. The van der Waals surface area contributed by atoms with E-state index in [1.165, 1.54) is 12.1 Å². The lowest BCUT2D eigenvalue weighted by Crippen LogP contribution is -2.38. The summed E-state index contributed by atoms with van der Waals surface area (Å²) in [4.78, 5) is 0. The number of rotatable bonds is 1. The van der Waals surface area contributed by atoms with Gasteiger partial charge in [-0.2, -0.15) is 13.2 Å². The van der Waals surface area contributed by atoms with Crippen molar-refractivity contribution < 1.29 is 13.2 Å². The smallest absolute Gasteiger partial charge is 0.383 e. The zero-order valence-electron chi connectivity index (χ0n) is 8.86. The van der Waals surface area contributed by atoms with Crippen molar-refractivity contribution in [1.82, 2.24) is 5.32 Å². The van der Waals surface area contributed by atoms with Crippen molar-refractivity contribution in [3.05, 3.63) is 29.3 Å². The summed E-state index contributed by atoms with van der Waals surface area (Å²) in [5.41, 5.74) is 0.949. The Morgan fingerprint density at radius 3 is 2.75 bits per heavy atom. The lowest BCUT2D eigenvalue weighted by Gasteiger charge is -2.26. The first-order chi connectivity index (χ1) is 7.50. The van der Waals surface area contributed by atoms with Gasteiger partial charge in [0, 0.05) is 18.3 Å². The number of halogens is 3. The zero-order chi connectivity index (χ0) is 11.8. The van der Waals surface area contributed by atoms with Crippen molar-refractivity contribution in [2.45, 2.75) is 18.6 Å². The van der Waals surface area contributed by atoms with Crippen LogP contribution in [0, 0.1) is 0 Å². The molecule has 88 valence electrons. The molecule has 5 heteroatoms. The second-order valence-corrected chi connectivity index (χ2v) is 3.94. The highest BCUT2D eigenvalue weighted by Gasteiger charge is 2.31. The quantitative estimate of drug-likeness (QED) is 0.773. The Hall–Kier alpha value is -1.23. The van der Waals surface area contributed by atoms with Crippen LogP contribution in [0.1, 0.15) is 11.1 Å². The van der Waals surface area contributed by atoms with Crippen LogP contribution < -0.4 is 10.6 Å². The fourth-order valence-electron chi connectivity index (χ4n) is 1.89. The van der Waals surface area contributed by atoms with Gasteiger partial charge in [0.15, 0.2) is 0 Å². The third-order valence-corrected chi connectivity index (χ3v) is 2.85. The second-order valence-electron chi connectivity index (χ2n) is 3.94. The molecule has 1 heterocycles. The molecule has 1 atom stereocenters. The Morgan fingerprint density at radius 2 is 2.12 bits per heavy atom. The van der Waals surface area contributed by atoms with E-state index in [1.54, 1.807) is 0 Å². The number of benzene rings is 1. The molecule has 1 aromatic carbocycles. The maximum absolute atomic E-state index is 12.5. The van der Waals surface area contributed by atoms with Crippen LogP contribution in [0.3, 0.4) is 0 Å². The van der Waals surface area contributed by atoms with E-state index in [9.17, 15) is 13.2 Å². The van der Waals surface area contributed by atoms with Gasteiger partial charge in [-0.05, 0) is 37.2 Å². The highest BCUT2D eigenvalue weighted by molar-refractivity contribution is 5.55. The minimum Gasteiger partial charge on any atom is -0.383 e. The number of hydrogen-bond acceptors (Lipinski definition) is 2. The summed E-state index contributed by atoms with van der Waals surface area (Å²) in [6.45, 7) is 0.745. The molecule has 0 bridgehead atoms. The molecule has 2 N–H and O–H groups in total. The standard InChI is InChI=1S/C11H13F3N2/c1-15-9-5-7-4-8(11(12,13)14)2-3-10(7)16-6-9/h2-4,9,15-16H,5-6H2,1H3. The summed E-state index contributed by atoms with van der Waals surface area (Å²) >= 11 is 0. The molecule has 0 amide bonds. The average Bonchev–Trinajstić information content (AvgIpc) is 2.26. The summed E-state index contributed by atoms with van der Waals surface area (Å²) in [5, 5.41) is 6.17. The maximum atomic E-state index is 12.5. The second kappa shape index (κ2) is 3.97. The van der Waals surface area contributed by atoms with Crippen molar-refractivity contribution in [2.75, 3.05) is 18.9 Å². The van der Waals surface area contributed by atoms with Crippen LogP contribution in [0.4, 0.5) is 18.9 Å². The van der Waals surface area contributed by atoms with Crippen molar-refractivity contribution in [3.63, 3.8) is 0 Å². The van der Waals surface area contributed by atoms with Gasteiger partial charge in [-0.15, -0.1) is 0 Å². The average molecular weight is 230 g/mol. The highest BCUT2D eigenvalue weighted by atomic mass is 19.4. The lowest BCUT2D eigenvalue weighted by atomic mass is 9.97. The van der Waals surface area contributed by atoms with E-state index in [4.69, 9.17) is 0 Å². The number of nitrogens with one attached hydrogen (secondary N) is 2. The molecule has 0 fully saturated rings. The van der Waals surface area contributed by atoms with E-state index >= 15 is 0 Å². The van der Waals surface area contributed by atoms with Gasteiger partial charge in [-0.3, -0.25) is 0 Å². The lowest BCUT2D eigenvalue weighted by molar-refractivity contribution is -0.137. The summed E-state index contributed by atoms with van der Waals surface area (Å²) in [6, 6.07) is 4.04. The zero-order valence-corrected chi connectivity index (χ0v) is 8.86. The van der Waals surface area contributed by atoms with Crippen molar-refractivity contribution in [2.24, 2.45) is 0 Å². The van der Waals surface area contributed by atoms with Crippen LogP contribution in [0.5, 0.6) is 0 Å². The van der Waals surface area contributed by atoms with Crippen LogP contribution in [0.25, 0.3) is 0 Å². The van der Waals surface area contributed by atoms with Crippen molar-refractivity contribution in [1.29, 1.82) is 0 Å². The van der Waals surface area contributed by atoms with Crippen LogP contribution in [0.15, 0.2) is 18.2 Å². The first kappa shape index (κ1) is 11.3. The number of anilines is 1. The van der Waals surface area contributed by atoms with Gasteiger partial charge in [-0.25, -0.2) is 0 Å². The molecule has 1 aromatic rings. The van der Waals surface area contributed by atoms with Crippen LogP contribution in [-0.2, 0) is 12.6 Å². The van der Waals surface area contributed by atoms with E-state index in [0.29, 0.717) is 6.42 Å². The molecule has 0 spiro atoms. The number of alkyl halides is 3. The predicted octanol–water partition coefficient (Wildman–Crippen LogP) is 2.26. The van der Waals surface area contributed by atoms with Crippen LogP contribution in [0.2, 0.25) is 0 Å². The summed E-state index contributed by atoms with van der Waals surface area (Å²) in [5.74, 6) is 0. The molecular formula is C11H13F3N2. The van der Waals surface area contributed by atoms with E-state index in [1.807, 2.05) is 7.05 Å². The monoisotopic (exact) mass is 230 g/mol.